The van der Waals surface area contributed by atoms with Crippen LogP contribution >= 0.6 is 0 Å². The number of rotatable bonds is 11. The van der Waals surface area contributed by atoms with Crippen LogP contribution in [-0.2, 0) is 0 Å². The Kier molecular flexibility index (Phi) is 8.87. The molecule has 21 heavy (non-hydrogen) atoms. The third-order valence-electron chi connectivity index (χ3n) is 3.53. The monoisotopic (exact) mass is 294 g/mol. The fraction of sp³-hybridized carbons (Fsp3) is 0.647. The second kappa shape index (κ2) is 10.5. The summed E-state index contributed by atoms with van der Waals surface area (Å²) in [6.07, 6.45) is 4.35. The maximum atomic E-state index is 10.2. The molecule has 1 aromatic carbocycles. The largest absolute Gasteiger partial charge is 0.508 e. The van der Waals surface area contributed by atoms with Crippen molar-refractivity contribution in [1.29, 1.82) is 0 Å². The van der Waals surface area contributed by atoms with Crippen LogP contribution in [0.1, 0.15) is 39.5 Å². The second-order valence-corrected chi connectivity index (χ2v) is 5.59. The zero-order chi connectivity index (χ0) is 15.5. The van der Waals surface area contributed by atoms with Crippen molar-refractivity contribution in [3.63, 3.8) is 0 Å². The van der Waals surface area contributed by atoms with Gasteiger partial charge in [0, 0.05) is 18.8 Å². The van der Waals surface area contributed by atoms with Crippen LogP contribution in [0.25, 0.3) is 0 Å². The molecule has 4 nitrogen and oxygen atoms in total. The van der Waals surface area contributed by atoms with E-state index in [0.29, 0.717) is 13.1 Å². The topological polar surface area (TPSA) is 55.7 Å². The Morgan fingerprint density at radius 1 is 1.05 bits per heavy atom. The number of aliphatic hydroxyl groups excluding tert-OH is 1. The summed E-state index contributed by atoms with van der Waals surface area (Å²) in [5.41, 5.74) is 0.917. The van der Waals surface area contributed by atoms with E-state index in [9.17, 15) is 10.2 Å². The molecule has 0 amide bonds. The van der Waals surface area contributed by atoms with Gasteiger partial charge in [0.25, 0.3) is 0 Å². The van der Waals surface area contributed by atoms with E-state index in [1.165, 1.54) is 25.7 Å². The first-order chi connectivity index (χ1) is 10.2. The molecule has 120 valence electrons. The van der Waals surface area contributed by atoms with Gasteiger partial charge in [-0.3, -0.25) is 0 Å². The highest BCUT2D eigenvalue weighted by Gasteiger charge is 2.11. The van der Waals surface area contributed by atoms with Crippen molar-refractivity contribution in [1.82, 2.24) is 4.90 Å². The average Bonchev–Trinajstić information content (AvgIpc) is 2.49. The highest BCUT2D eigenvalue weighted by Crippen LogP contribution is 2.13. The molecule has 0 spiro atoms. The highest BCUT2D eigenvalue weighted by atomic mass is 16.3. The van der Waals surface area contributed by atoms with Crippen molar-refractivity contribution >= 4 is 5.69 Å². The lowest BCUT2D eigenvalue weighted by molar-refractivity contribution is 0.119. The Hall–Kier alpha value is -1.26. The van der Waals surface area contributed by atoms with E-state index in [4.69, 9.17) is 0 Å². The zero-order valence-electron chi connectivity index (χ0n) is 13.4. The SMILES string of the molecule is CCCCN(CCCC)C[C@H](O)CNc1ccc(O)cc1. The van der Waals surface area contributed by atoms with Gasteiger partial charge >= 0.3 is 0 Å². The van der Waals surface area contributed by atoms with Crippen molar-refractivity contribution < 1.29 is 10.2 Å². The summed E-state index contributed by atoms with van der Waals surface area (Å²) in [4.78, 5) is 2.36. The van der Waals surface area contributed by atoms with E-state index >= 15 is 0 Å². The van der Waals surface area contributed by atoms with E-state index in [2.05, 4.69) is 24.1 Å². The van der Waals surface area contributed by atoms with Gasteiger partial charge in [-0.25, -0.2) is 0 Å². The standard InChI is InChI=1S/C17H30N2O2/c1-3-5-11-19(12-6-4-2)14-17(21)13-18-15-7-9-16(20)10-8-15/h7-10,17-18,20-21H,3-6,11-14H2,1-2H3/t17-/m1/s1. The van der Waals surface area contributed by atoms with Gasteiger partial charge < -0.3 is 20.4 Å². The molecular weight excluding hydrogens is 264 g/mol. The summed E-state index contributed by atoms with van der Waals surface area (Å²) >= 11 is 0. The third kappa shape index (κ3) is 7.93. The number of anilines is 1. The molecule has 1 atom stereocenters. The molecule has 0 aliphatic rings. The molecule has 0 saturated carbocycles. The molecule has 0 heterocycles. The van der Waals surface area contributed by atoms with Crippen LogP contribution in [0.4, 0.5) is 5.69 Å². The lowest BCUT2D eigenvalue weighted by Crippen LogP contribution is -2.37. The van der Waals surface area contributed by atoms with Crippen molar-refractivity contribution in [2.75, 3.05) is 31.5 Å². The fourth-order valence-electron chi connectivity index (χ4n) is 2.24. The molecule has 0 fully saturated rings. The lowest BCUT2D eigenvalue weighted by Gasteiger charge is -2.25. The van der Waals surface area contributed by atoms with Gasteiger partial charge in [-0.15, -0.1) is 0 Å². The lowest BCUT2D eigenvalue weighted by atomic mass is 10.2. The number of phenolic OH excluding ortho intramolecular Hbond substituents is 1. The maximum Gasteiger partial charge on any atom is 0.115 e. The number of aromatic hydroxyl groups is 1. The summed E-state index contributed by atoms with van der Waals surface area (Å²) in [5, 5.41) is 22.6. The molecular formula is C17H30N2O2. The Morgan fingerprint density at radius 3 is 2.14 bits per heavy atom. The molecule has 3 N–H and O–H groups in total. The number of nitrogens with zero attached hydrogens (tertiary/aromatic N) is 1. The summed E-state index contributed by atoms with van der Waals surface area (Å²) in [7, 11) is 0. The molecule has 0 radical (unpaired) electrons. The Bertz CT molecular complexity index is 360. The van der Waals surface area contributed by atoms with Gasteiger partial charge in [0.05, 0.1) is 6.10 Å². The molecule has 4 heteroatoms. The van der Waals surface area contributed by atoms with Crippen molar-refractivity contribution in [2.45, 2.75) is 45.6 Å². The van der Waals surface area contributed by atoms with E-state index in [0.717, 1.165) is 18.8 Å². The number of phenols is 1. The molecule has 0 aliphatic heterocycles. The minimum Gasteiger partial charge on any atom is -0.508 e. The number of hydrogen-bond donors (Lipinski definition) is 3. The van der Waals surface area contributed by atoms with E-state index in [-0.39, 0.29) is 11.9 Å². The molecule has 0 aliphatic carbocycles. The van der Waals surface area contributed by atoms with Crippen molar-refractivity contribution in [3.05, 3.63) is 24.3 Å². The quantitative estimate of drug-likeness (QED) is 0.549. The van der Waals surface area contributed by atoms with Crippen LogP contribution in [0, 0.1) is 0 Å². The zero-order valence-corrected chi connectivity index (χ0v) is 13.4. The van der Waals surface area contributed by atoms with Gasteiger partial charge in [0.2, 0.25) is 0 Å². The van der Waals surface area contributed by atoms with Crippen LogP contribution in [0.3, 0.4) is 0 Å². The predicted molar refractivity (Wildman–Crippen MR) is 88.9 cm³/mol. The number of aliphatic hydroxyl groups is 1. The van der Waals surface area contributed by atoms with Crippen LogP contribution < -0.4 is 5.32 Å². The fourth-order valence-corrected chi connectivity index (χ4v) is 2.24. The highest BCUT2D eigenvalue weighted by molar-refractivity contribution is 5.45. The van der Waals surface area contributed by atoms with Crippen molar-refractivity contribution in [2.24, 2.45) is 0 Å². The van der Waals surface area contributed by atoms with Crippen LogP contribution in [0.5, 0.6) is 5.75 Å². The van der Waals surface area contributed by atoms with Gasteiger partial charge in [-0.05, 0) is 50.2 Å². The minimum absolute atomic E-state index is 0.256. The smallest absolute Gasteiger partial charge is 0.115 e. The summed E-state index contributed by atoms with van der Waals surface area (Å²) < 4.78 is 0. The first-order valence-corrected chi connectivity index (χ1v) is 8.09. The first kappa shape index (κ1) is 17.8. The first-order valence-electron chi connectivity index (χ1n) is 8.09. The normalized spacial score (nSPS) is 12.6. The average molecular weight is 294 g/mol. The molecule has 1 aromatic rings. The van der Waals surface area contributed by atoms with Crippen molar-refractivity contribution in [3.8, 4) is 5.75 Å². The number of benzene rings is 1. The van der Waals surface area contributed by atoms with Crippen LogP contribution in [0.2, 0.25) is 0 Å². The second-order valence-electron chi connectivity index (χ2n) is 5.59. The molecule has 1 rings (SSSR count). The maximum absolute atomic E-state index is 10.2. The summed E-state index contributed by atoms with van der Waals surface area (Å²) in [6.45, 7) is 7.76. The van der Waals surface area contributed by atoms with Crippen LogP contribution in [0.15, 0.2) is 24.3 Å². The Morgan fingerprint density at radius 2 is 1.62 bits per heavy atom. The van der Waals surface area contributed by atoms with Crippen LogP contribution in [-0.4, -0.2) is 47.4 Å². The molecule has 0 unspecified atom stereocenters. The van der Waals surface area contributed by atoms with E-state index in [1.54, 1.807) is 12.1 Å². The van der Waals surface area contributed by atoms with Gasteiger partial charge in [-0.2, -0.15) is 0 Å². The summed E-state index contributed by atoms with van der Waals surface area (Å²) in [6, 6.07) is 6.91. The van der Waals surface area contributed by atoms with E-state index < -0.39 is 0 Å². The number of nitrogens with one attached hydrogen (secondary N) is 1. The number of unbranched alkanes of at least 4 members (excludes halogenated alkanes) is 2. The molecule has 0 bridgehead atoms. The Labute approximate surface area is 128 Å². The minimum atomic E-state index is -0.382. The van der Waals surface area contributed by atoms with Gasteiger partial charge in [0.1, 0.15) is 5.75 Å². The molecule has 0 aromatic heterocycles. The number of hydrogen-bond acceptors (Lipinski definition) is 4. The third-order valence-corrected chi connectivity index (χ3v) is 3.53. The van der Waals surface area contributed by atoms with Gasteiger partial charge in [-0.1, -0.05) is 26.7 Å². The Balaban J connectivity index is 2.34. The van der Waals surface area contributed by atoms with Gasteiger partial charge in [0.15, 0.2) is 0 Å². The predicted octanol–water partition coefficient (Wildman–Crippen LogP) is 3.07. The van der Waals surface area contributed by atoms with E-state index in [1.807, 2.05) is 12.1 Å². The molecule has 0 saturated heterocycles. The summed E-state index contributed by atoms with van der Waals surface area (Å²) in [5.74, 6) is 0.256.